The van der Waals surface area contributed by atoms with Gasteiger partial charge in [-0.15, -0.1) is 0 Å². The molecule has 0 aliphatic heterocycles. The van der Waals surface area contributed by atoms with Crippen LogP contribution in [-0.2, 0) is 5.41 Å². The fourth-order valence-corrected chi connectivity index (χ4v) is 10.6. The van der Waals surface area contributed by atoms with Gasteiger partial charge < -0.3 is 4.90 Å². The summed E-state index contributed by atoms with van der Waals surface area (Å²) in [7, 11) is 0. The van der Waals surface area contributed by atoms with Crippen LogP contribution in [0.1, 0.15) is 54.5 Å². The van der Waals surface area contributed by atoms with Crippen molar-refractivity contribution < 1.29 is 0 Å². The number of anilines is 2. The minimum absolute atomic E-state index is 0.127. The van der Waals surface area contributed by atoms with Crippen LogP contribution in [0.5, 0.6) is 0 Å². The Hall–Kier alpha value is -5.66. The minimum Gasteiger partial charge on any atom is -0.310 e. The SMILES string of the molecule is CC1(C)C2C=CC=CC2C2C=CC(N(c3ccc4c(c3)C(c3ccccc3)(c3ccccc3)c3ccccc3-4)c3ccccc3C3=CCCC=C3)=CC21. The van der Waals surface area contributed by atoms with Gasteiger partial charge in [-0.2, -0.15) is 0 Å². The van der Waals surface area contributed by atoms with Crippen LogP contribution in [0, 0.1) is 29.1 Å². The van der Waals surface area contributed by atoms with Crippen LogP contribution >= 0.6 is 0 Å². The molecule has 5 aliphatic carbocycles. The lowest BCUT2D eigenvalue weighted by molar-refractivity contribution is 0.237. The lowest BCUT2D eigenvalue weighted by atomic mass is 9.67. The summed E-state index contributed by atoms with van der Waals surface area (Å²) < 4.78 is 0. The van der Waals surface area contributed by atoms with Gasteiger partial charge in [0.05, 0.1) is 11.1 Å². The highest BCUT2D eigenvalue weighted by Gasteiger charge is 2.53. The van der Waals surface area contributed by atoms with Crippen LogP contribution < -0.4 is 4.90 Å². The van der Waals surface area contributed by atoms with Crippen LogP contribution in [0.4, 0.5) is 11.4 Å². The maximum Gasteiger partial charge on any atom is 0.0714 e. The standard InChI is InChI=1S/C52H45N/c1-51(2)46-27-15-12-25-42(46)44-32-30-39(34-48(44)51)53(50-29-17-14-24-41(50)36-18-6-3-7-19-36)40-31-33-45-43-26-13-16-28-47(43)52(49(45)35-40,37-20-8-4-9-21-37)38-22-10-5-11-23-38/h4-6,8-35,42,44,46,48H,3,7H2,1-2H3. The topological polar surface area (TPSA) is 3.24 Å². The Morgan fingerprint density at radius 1 is 0.566 bits per heavy atom. The molecule has 0 amide bonds. The molecular weight excluding hydrogens is 639 g/mol. The molecule has 0 aromatic heterocycles. The lowest BCUT2D eigenvalue weighted by Crippen LogP contribution is -2.29. The lowest BCUT2D eigenvalue weighted by Gasteiger charge is -2.37. The summed E-state index contributed by atoms with van der Waals surface area (Å²) in [5.74, 6) is 1.96. The Kier molecular flexibility index (Phi) is 7.55. The van der Waals surface area contributed by atoms with Crippen molar-refractivity contribution in [3.05, 3.63) is 222 Å². The van der Waals surface area contributed by atoms with Gasteiger partial charge in [0.2, 0.25) is 0 Å². The van der Waals surface area contributed by atoms with Crippen molar-refractivity contribution in [1.82, 2.24) is 0 Å². The number of allylic oxidation sites excluding steroid dienone is 11. The second-order valence-corrected chi connectivity index (χ2v) is 16.0. The number of rotatable bonds is 6. The van der Waals surface area contributed by atoms with Crippen LogP contribution in [0.3, 0.4) is 0 Å². The predicted octanol–water partition coefficient (Wildman–Crippen LogP) is 13.0. The zero-order valence-electron chi connectivity index (χ0n) is 30.6. The quantitative estimate of drug-likeness (QED) is 0.169. The number of fused-ring (bicyclic) bond motifs is 6. The highest BCUT2D eigenvalue weighted by molar-refractivity contribution is 5.91. The van der Waals surface area contributed by atoms with Gasteiger partial charge in [-0.25, -0.2) is 0 Å². The first-order valence-electron chi connectivity index (χ1n) is 19.4. The Morgan fingerprint density at radius 2 is 1.23 bits per heavy atom. The van der Waals surface area contributed by atoms with Gasteiger partial charge in [0, 0.05) is 16.9 Å². The van der Waals surface area contributed by atoms with Gasteiger partial charge >= 0.3 is 0 Å². The monoisotopic (exact) mass is 683 g/mol. The van der Waals surface area contributed by atoms with E-state index >= 15 is 0 Å². The fourth-order valence-electron chi connectivity index (χ4n) is 10.6. The third kappa shape index (κ3) is 4.83. The summed E-state index contributed by atoms with van der Waals surface area (Å²) in [6, 6.07) is 47.7. The number of nitrogens with zero attached hydrogens (tertiary/aromatic N) is 1. The van der Waals surface area contributed by atoms with E-state index in [2.05, 4.69) is 207 Å². The normalized spacial score (nSPS) is 23.7. The molecule has 0 saturated heterocycles. The van der Waals surface area contributed by atoms with E-state index in [1.807, 2.05) is 0 Å². The molecule has 5 aliphatic rings. The molecule has 4 atom stereocenters. The molecule has 258 valence electrons. The van der Waals surface area contributed by atoms with Crippen LogP contribution in [0.25, 0.3) is 16.7 Å². The van der Waals surface area contributed by atoms with E-state index in [-0.39, 0.29) is 5.41 Å². The number of hydrogen-bond acceptors (Lipinski definition) is 1. The van der Waals surface area contributed by atoms with Crippen molar-refractivity contribution in [2.45, 2.75) is 32.1 Å². The largest absolute Gasteiger partial charge is 0.310 e. The van der Waals surface area contributed by atoms with Crippen molar-refractivity contribution in [2.75, 3.05) is 4.90 Å². The van der Waals surface area contributed by atoms with Crippen LogP contribution in [0.15, 0.2) is 194 Å². The van der Waals surface area contributed by atoms with Gasteiger partial charge in [-0.3, -0.25) is 0 Å². The predicted molar refractivity (Wildman–Crippen MR) is 222 cm³/mol. The molecule has 0 N–H and O–H groups in total. The fraction of sp³-hybridized carbons (Fsp3) is 0.192. The highest BCUT2D eigenvalue weighted by atomic mass is 15.2. The van der Waals surface area contributed by atoms with Crippen molar-refractivity contribution in [3.8, 4) is 11.1 Å². The van der Waals surface area contributed by atoms with Gasteiger partial charge in [-0.05, 0) is 105 Å². The minimum atomic E-state index is -0.464. The third-order valence-corrected chi connectivity index (χ3v) is 13.0. The zero-order valence-corrected chi connectivity index (χ0v) is 30.6. The average Bonchev–Trinajstić information content (AvgIpc) is 3.64. The van der Waals surface area contributed by atoms with E-state index in [1.54, 1.807) is 0 Å². The van der Waals surface area contributed by atoms with Gasteiger partial charge in [0.1, 0.15) is 0 Å². The Morgan fingerprint density at radius 3 is 1.98 bits per heavy atom. The summed E-state index contributed by atoms with van der Waals surface area (Å²) in [4.78, 5) is 2.57. The first-order chi connectivity index (χ1) is 26.1. The maximum atomic E-state index is 2.62. The number of para-hydroxylation sites is 1. The highest BCUT2D eigenvalue weighted by Crippen LogP contribution is 2.60. The molecule has 1 fully saturated rings. The van der Waals surface area contributed by atoms with E-state index in [0.717, 1.165) is 12.8 Å². The molecule has 0 radical (unpaired) electrons. The number of benzene rings is 5. The summed E-state index contributed by atoms with van der Waals surface area (Å²) in [6.45, 7) is 4.98. The van der Waals surface area contributed by atoms with Crippen molar-refractivity contribution in [3.63, 3.8) is 0 Å². The molecule has 1 nitrogen and oxygen atoms in total. The van der Waals surface area contributed by atoms with E-state index in [1.165, 1.54) is 61.6 Å². The van der Waals surface area contributed by atoms with E-state index in [4.69, 9.17) is 0 Å². The van der Waals surface area contributed by atoms with Crippen molar-refractivity contribution in [2.24, 2.45) is 29.1 Å². The summed E-state index contributed by atoms with van der Waals surface area (Å²) in [5.41, 5.74) is 13.7. The molecule has 0 bridgehead atoms. The van der Waals surface area contributed by atoms with Gasteiger partial charge in [0.25, 0.3) is 0 Å². The second-order valence-electron chi connectivity index (χ2n) is 16.0. The molecule has 1 heteroatoms. The van der Waals surface area contributed by atoms with Crippen LogP contribution in [-0.4, -0.2) is 0 Å². The summed E-state index contributed by atoms with van der Waals surface area (Å²) >= 11 is 0. The van der Waals surface area contributed by atoms with Gasteiger partial charge in [0.15, 0.2) is 0 Å². The molecule has 10 rings (SSSR count). The average molecular weight is 684 g/mol. The summed E-state index contributed by atoms with van der Waals surface area (Å²) in [6.07, 6.45) is 26.2. The Bertz CT molecular complexity index is 2360. The van der Waals surface area contributed by atoms with E-state index in [0.29, 0.717) is 23.7 Å². The smallest absolute Gasteiger partial charge is 0.0714 e. The second kappa shape index (κ2) is 12.5. The summed E-state index contributed by atoms with van der Waals surface area (Å²) in [5, 5.41) is 0. The molecule has 5 aromatic rings. The first kappa shape index (κ1) is 32.0. The van der Waals surface area contributed by atoms with Crippen molar-refractivity contribution >= 4 is 16.9 Å². The number of hydrogen-bond donors (Lipinski definition) is 0. The Labute approximate surface area is 314 Å². The maximum absolute atomic E-state index is 2.62. The molecule has 5 aromatic carbocycles. The molecule has 1 saturated carbocycles. The van der Waals surface area contributed by atoms with Gasteiger partial charge in [-0.1, -0.05) is 178 Å². The third-order valence-electron chi connectivity index (χ3n) is 13.0. The molecule has 53 heavy (non-hydrogen) atoms. The zero-order chi connectivity index (χ0) is 35.6. The molecule has 0 spiro atoms. The molecule has 0 heterocycles. The Balaban J connectivity index is 1.22. The first-order valence-corrected chi connectivity index (χ1v) is 19.4. The molecule has 4 unspecified atom stereocenters. The van der Waals surface area contributed by atoms with Crippen LogP contribution in [0.2, 0.25) is 0 Å². The van der Waals surface area contributed by atoms with E-state index < -0.39 is 5.41 Å². The van der Waals surface area contributed by atoms with Crippen molar-refractivity contribution in [1.29, 1.82) is 0 Å². The molecular formula is C52H45N. The van der Waals surface area contributed by atoms with E-state index in [9.17, 15) is 0 Å².